The van der Waals surface area contributed by atoms with Crippen molar-refractivity contribution in [3.05, 3.63) is 33.9 Å². The average molecular weight is 286 g/mol. The lowest BCUT2D eigenvalue weighted by molar-refractivity contribution is -0.384. The maximum atomic E-state index is 13.6. The first kappa shape index (κ1) is 16.3. The summed E-state index contributed by atoms with van der Waals surface area (Å²) in [5.74, 6) is -2.27. The standard InChI is InChI=1S/C14H20F2N2O2/c1-2-3-4-5-6-7-10-17-14-12(18(19)20)9-8-11(15)13(14)16/h8-9,17H,2-7,10H2,1H3. The van der Waals surface area contributed by atoms with E-state index >= 15 is 0 Å². The van der Waals surface area contributed by atoms with Crippen LogP contribution in [0.3, 0.4) is 0 Å². The van der Waals surface area contributed by atoms with Gasteiger partial charge in [0.15, 0.2) is 17.3 Å². The van der Waals surface area contributed by atoms with E-state index in [9.17, 15) is 18.9 Å². The van der Waals surface area contributed by atoms with Crippen molar-refractivity contribution in [1.29, 1.82) is 0 Å². The first-order valence-corrected chi connectivity index (χ1v) is 6.94. The lowest BCUT2D eigenvalue weighted by atomic mass is 10.1. The lowest BCUT2D eigenvalue weighted by Crippen LogP contribution is -2.07. The lowest BCUT2D eigenvalue weighted by Gasteiger charge is -2.08. The summed E-state index contributed by atoms with van der Waals surface area (Å²) in [5.41, 5.74) is -0.793. The summed E-state index contributed by atoms with van der Waals surface area (Å²) >= 11 is 0. The highest BCUT2D eigenvalue weighted by molar-refractivity contribution is 5.62. The van der Waals surface area contributed by atoms with Gasteiger partial charge in [0.2, 0.25) is 0 Å². The van der Waals surface area contributed by atoms with E-state index in [0.29, 0.717) is 6.54 Å². The molecule has 6 heteroatoms. The molecule has 0 unspecified atom stereocenters. The fraction of sp³-hybridized carbons (Fsp3) is 0.571. The molecule has 4 nitrogen and oxygen atoms in total. The van der Waals surface area contributed by atoms with Gasteiger partial charge in [0.05, 0.1) is 4.92 Å². The Labute approximate surface area is 117 Å². The zero-order chi connectivity index (χ0) is 15.0. The number of halogens is 2. The maximum Gasteiger partial charge on any atom is 0.295 e. The number of benzene rings is 1. The van der Waals surface area contributed by atoms with Crippen molar-refractivity contribution < 1.29 is 13.7 Å². The molecule has 0 aliphatic rings. The molecule has 1 N–H and O–H groups in total. The number of hydrogen-bond acceptors (Lipinski definition) is 3. The van der Waals surface area contributed by atoms with Crippen molar-refractivity contribution in [1.82, 2.24) is 0 Å². The van der Waals surface area contributed by atoms with E-state index in [4.69, 9.17) is 0 Å². The molecule has 0 aliphatic heterocycles. The number of anilines is 1. The van der Waals surface area contributed by atoms with Crippen LogP contribution in [0, 0.1) is 21.7 Å². The molecular weight excluding hydrogens is 266 g/mol. The van der Waals surface area contributed by atoms with Gasteiger partial charge in [-0.25, -0.2) is 8.78 Å². The van der Waals surface area contributed by atoms with Crippen molar-refractivity contribution >= 4 is 11.4 Å². The van der Waals surface area contributed by atoms with Crippen LogP contribution in [0.1, 0.15) is 45.4 Å². The topological polar surface area (TPSA) is 55.2 Å². The molecule has 0 radical (unpaired) electrons. The minimum Gasteiger partial charge on any atom is -0.377 e. The molecule has 1 rings (SSSR count). The van der Waals surface area contributed by atoms with Crippen LogP contribution < -0.4 is 5.32 Å². The van der Waals surface area contributed by atoms with Crippen molar-refractivity contribution in [3.63, 3.8) is 0 Å². The van der Waals surface area contributed by atoms with E-state index in [1.165, 1.54) is 12.8 Å². The van der Waals surface area contributed by atoms with Crippen LogP contribution in [0.4, 0.5) is 20.2 Å². The van der Waals surface area contributed by atoms with Crippen molar-refractivity contribution in [2.75, 3.05) is 11.9 Å². The molecule has 112 valence electrons. The third kappa shape index (κ3) is 4.75. The third-order valence-electron chi connectivity index (χ3n) is 3.10. The van der Waals surface area contributed by atoms with Gasteiger partial charge in [-0.2, -0.15) is 0 Å². The monoisotopic (exact) mass is 286 g/mol. The van der Waals surface area contributed by atoms with Crippen molar-refractivity contribution in [2.24, 2.45) is 0 Å². The molecule has 0 aromatic heterocycles. The van der Waals surface area contributed by atoms with E-state index in [2.05, 4.69) is 12.2 Å². The van der Waals surface area contributed by atoms with Gasteiger partial charge in [-0.3, -0.25) is 10.1 Å². The summed E-state index contributed by atoms with van der Waals surface area (Å²) < 4.78 is 26.7. The highest BCUT2D eigenvalue weighted by Crippen LogP contribution is 2.29. The quantitative estimate of drug-likeness (QED) is 0.408. The molecule has 0 spiro atoms. The van der Waals surface area contributed by atoms with Gasteiger partial charge in [0.1, 0.15) is 0 Å². The van der Waals surface area contributed by atoms with Crippen LogP contribution in [0.5, 0.6) is 0 Å². The molecule has 1 aromatic carbocycles. The molecule has 20 heavy (non-hydrogen) atoms. The van der Waals surface area contributed by atoms with Gasteiger partial charge in [0, 0.05) is 12.6 Å². The Morgan fingerprint density at radius 2 is 1.80 bits per heavy atom. The van der Waals surface area contributed by atoms with E-state index < -0.39 is 22.2 Å². The number of unbranched alkanes of at least 4 members (excludes halogenated alkanes) is 5. The van der Waals surface area contributed by atoms with E-state index in [0.717, 1.165) is 37.8 Å². The molecule has 0 aliphatic carbocycles. The Morgan fingerprint density at radius 3 is 2.45 bits per heavy atom. The van der Waals surface area contributed by atoms with Gasteiger partial charge >= 0.3 is 0 Å². The van der Waals surface area contributed by atoms with Crippen LogP contribution >= 0.6 is 0 Å². The number of hydrogen-bond donors (Lipinski definition) is 1. The smallest absolute Gasteiger partial charge is 0.295 e. The first-order chi connectivity index (χ1) is 9.57. The zero-order valence-electron chi connectivity index (χ0n) is 11.6. The summed E-state index contributed by atoms with van der Waals surface area (Å²) in [7, 11) is 0. The fourth-order valence-corrected chi connectivity index (χ4v) is 1.98. The number of rotatable bonds is 9. The minimum absolute atomic E-state index is 0.358. The number of nitro benzene ring substituents is 1. The highest BCUT2D eigenvalue weighted by Gasteiger charge is 2.20. The molecule has 0 atom stereocenters. The third-order valence-corrected chi connectivity index (χ3v) is 3.10. The van der Waals surface area contributed by atoms with Crippen LogP contribution in [0.15, 0.2) is 12.1 Å². The molecule has 1 aromatic rings. The summed E-state index contributed by atoms with van der Waals surface area (Å²) in [6.45, 7) is 2.53. The molecule has 0 amide bonds. The Balaban J connectivity index is 2.50. The predicted molar refractivity (Wildman–Crippen MR) is 74.9 cm³/mol. The van der Waals surface area contributed by atoms with Crippen LogP contribution in [0.25, 0.3) is 0 Å². The summed E-state index contributed by atoms with van der Waals surface area (Å²) in [4.78, 5) is 10.1. The predicted octanol–water partition coefficient (Wildman–Crippen LogP) is 4.65. The Bertz CT molecular complexity index is 453. The Hall–Kier alpha value is -1.72. The number of nitro groups is 1. The summed E-state index contributed by atoms with van der Waals surface area (Å²) in [5, 5.41) is 13.4. The number of nitrogens with zero attached hydrogens (tertiary/aromatic N) is 1. The summed E-state index contributed by atoms with van der Waals surface area (Å²) in [6.07, 6.45) is 6.35. The average Bonchev–Trinajstić information content (AvgIpc) is 2.42. The molecule has 0 saturated carbocycles. The van der Waals surface area contributed by atoms with Crippen molar-refractivity contribution in [3.8, 4) is 0 Å². The summed E-state index contributed by atoms with van der Waals surface area (Å²) in [6, 6.07) is 1.74. The van der Waals surface area contributed by atoms with Crippen LogP contribution in [-0.2, 0) is 0 Å². The molecular formula is C14H20F2N2O2. The number of nitrogens with one attached hydrogen (secondary N) is 1. The van der Waals surface area contributed by atoms with Gasteiger partial charge in [-0.15, -0.1) is 0 Å². The Morgan fingerprint density at radius 1 is 1.15 bits per heavy atom. The SMILES string of the molecule is CCCCCCCCNc1c([N+](=O)[O-])ccc(F)c1F. The highest BCUT2D eigenvalue weighted by atomic mass is 19.2. The Kier molecular flexibility index (Phi) is 6.90. The second kappa shape index (κ2) is 8.45. The van der Waals surface area contributed by atoms with Gasteiger partial charge in [-0.05, 0) is 12.5 Å². The normalized spacial score (nSPS) is 10.6. The second-order valence-corrected chi connectivity index (χ2v) is 4.71. The molecule has 0 bridgehead atoms. The van der Waals surface area contributed by atoms with E-state index in [1.807, 2.05) is 0 Å². The van der Waals surface area contributed by atoms with Crippen LogP contribution in [0.2, 0.25) is 0 Å². The molecule has 0 fully saturated rings. The second-order valence-electron chi connectivity index (χ2n) is 4.71. The van der Waals surface area contributed by atoms with Gasteiger partial charge in [0.25, 0.3) is 5.69 Å². The fourth-order valence-electron chi connectivity index (χ4n) is 1.98. The van der Waals surface area contributed by atoms with Gasteiger partial charge < -0.3 is 5.32 Å². The molecule has 0 heterocycles. The van der Waals surface area contributed by atoms with Crippen molar-refractivity contribution in [2.45, 2.75) is 45.4 Å². The van der Waals surface area contributed by atoms with E-state index in [-0.39, 0.29) is 5.69 Å². The minimum atomic E-state index is -1.19. The van der Waals surface area contributed by atoms with Gasteiger partial charge in [-0.1, -0.05) is 39.0 Å². The largest absolute Gasteiger partial charge is 0.377 e. The van der Waals surface area contributed by atoms with E-state index in [1.54, 1.807) is 0 Å². The maximum absolute atomic E-state index is 13.6. The van der Waals surface area contributed by atoms with Crippen LogP contribution in [-0.4, -0.2) is 11.5 Å². The first-order valence-electron chi connectivity index (χ1n) is 6.94. The zero-order valence-corrected chi connectivity index (χ0v) is 11.6. The molecule has 0 saturated heterocycles.